The standard InChI is InChI=1S/C26H35N5O2/c1-19(2)22-10-6-20(7-11-22)5-4-14-29-26(27-3)30-17-21-8-12-23(13-9-21)25(33)31-16-15-28-24(32)18-31/h6-13,19H,4-5,14-18H2,1-3H3,(H,28,32)(H2,27,29,30). The van der Waals surface area contributed by atoms with Gasteiger partial charge in [-0.15, -0.1) is 0 Å². The Morgan fingerprint density at radius 1 is 1.06 bits per heavy atom. The van der Waals surface area contributed by atoms with E-state index in [0.29, 0.717) is 31.1 Å². The summed E-state index contributed by atoms with van der Waals surface area (Å²) in [6, 6.07) is 16.4. The molecule has 0 radical (unpaired) electrons. The third-order valence-electron chi connectivity index (χ3n) is 5.79. The van der Waals surface area contributed by atoms with Gasteiger partial charge in [0.2, 0.25) is 5.91 Å². The lowest BCUT2D eigenvalue weighted by atomic mass is 10.0. The van der Waals surface area contributed by atoms with Crippen molar-refractivity contribution in [3.8, 4) is 0 Å². The van der Waals surface area contributed by atoms with Crippen molar-refractivity contribution in [1.82, 2.24) is 20.9 Å². The smallest absolute Gasteiger partial charge is 0.254 e. The van der Waals surface area contributed by atoms with Crippen LogP contribution in [0, 0.1) is 0 Å². The Bertz CT molecular complexity index is 952. The molecule has 0 aliphatic carbocycles. The van der Waals surface area contributed by atoms with Crippen LogP contribution in [0.15, 0.2) is 53.5 Å². The maximum absolute atomic E-state index is 12.6. The molecule has 2 aromatic carbocycles. The van der Waals surface area contributed by atoms with E-state index in [-0.39, 0.29) is 18.4 Å². The van der Waals surface area contributed by atoms with E-state index in [4.69, 9.17) is 0 Å². The van der Waals surface area contributed by atoms with E-state index in [1.807, 2.05) is 24.3 Å². The highest BCUT2D eigenvalue weighted by atomic mass is 16.2. The molecule has 2 amide bonds. The molecule has 7 heteroatoms. The topological polar surface area (TPSA) is 85.8 Å². The number of carbonyl (C=O) groups is 2. The molecule has 0 bridgehead atoms. The minimum Gasteiger partial charge on any atom is -0.356 e. The molecule has 176 valence electrons. The molecule has 3 rings (SSSR count). The highest BCUT2D eigenvalue weighted by molar-refractivity contribution is 5.97. The number of hydrogen-bond donors (Lipinski definition) is 3. The zero-order valence-electron chi connectivity index (χ0n) is 19.9. The maximum atomic E-state index is 12.6. The minimum absolute atomic E-state index is 0.110. The number of carbonyl (C=O) groups excluding carboxylic acids is 2. The number of rotatable bonds is 8. The quantitative estimate of drug-likeness (QED) is 0.329. The van der Waals surface area contributed by atoms with Crippen LogP contribution in [0.2, 0.25) is 0 Å². The maximum Gasteiger partial charge on any atom is 0.254 e. The van der Waals surface area contributed by atoms with Gasteiger partial charge in [0.15, 0.2) is 5.96 Å². The van der Waals surface area contributed by atoms with Gasteiger partial charge >= 0.3 is 0 Å². The number of nitrogens with one attached hydrogen (secondary N) is 3. The van der Waals surface area contributed by atoms with Gasteiger partial charge in [-0.2, -0.15) is 0 Å². The molecule has 0 unspecified atom stereocenters. The van der Waals surface area contributed by atoms with E-state index in [2.05, 4.69) is 59.1 Å². The molecule has 1 aliphatic heterocycles. The molecule has 0 saturated carbocycles. The van der Waals surface area contributed by atoms with Crippen LogP contribution in [0.4, 0.5) is 0 Å². The molecule has 1 saturated heterocycles. The van der Waals surface area contributed by atoms with Gasteiger partial charge in [-0.05, 0) is 47.6 Å². The van der Waals surface area contributed by atoms with Crippen molar-refractivity contribution in [3.05, 3.63) is 70.8 Å². The van der Waals surface area contributed by atoms with Gasteiger partial charge < -0.3 is 20.9 Å². The van der Waals surface area contributed by atoms with Gasteiger partial charge in [-0.1, -0.05) is 50.2 Å². The second kappa shape index (κ2) is 12.0. The van der Waals surface area contributed by atoms with Crippen LogP contribution in [0.5, 0.6) is 0 Å². The zero-order chi connectivity index (χ0) is 23.6. The fourth-order valence-corrected chi connectivity index (χ4v) is 3.73. The van der Waals surface area contributed by atoms with Crippen molar-refractivity contribution in [2.75, 3.05) is 33.2 Å². The highest BCUT2D eigenvalue weighted by Crippen LogP contribution is 2.15. The molecule has 33 heavy (non-hydrogen) atoms. The van der Waals surface area contributed by atoms with Crippen molar-refractivity contribution < 1.29 is 9.59 Å². The van der Waals surface area contributed by atoms with Gasteiger partial charge in [0.1, 0.15) is 0 Å². The average molecular weight is 450 g/mol. The third-order valence-corrected chi connectivity index (χ3v) is 5.79. The van der Waals surface area contributed by atoms with Gasteiger partial charge in [0.25, 0.3) is 5.91 Å². The van der Waals surface area contributed by atoms with E-state index in [9.17, 15) is 9.59 Å². The molecule has 3 N–H and O–H groups in total. The number of hydrogen-bond acceptors (Lipinski definition) is 3. The number of guanidine groups is 1. The van der Waals surface area contributed by atoms with Gasteiger partial charge in [0, 0.05) is 38.8 Å². The third kappa shape index (κ3) is 7.34. The lowest BCUT2D eigenvalue weighted by Gasteiger charge is -2.26. The molecule has 1 heterocycles. The van der Waals surface area contributed by atoms with Crippen LogP contribution in [-0.2, 0) is 17.8 Å². The van der Waals surface area contributed by atoms with Gasteiger partial charge in [0.05, 0.1) is 6.54 Å². The molecule has 0 atom stereocenters. The van der Waals surface area contributed by atoms with Crippen LogP contribution in [-0.4, -0.2) is 55.9 Å². The summed E-state index contributed by atoms with van der Waals surface area (Å²) in [5.41, 5.74) is 4.37. The predicted molar refractivity (Wildman–Crippen MR) is 132 cm³/mol. The summed E-state index contributed by atoms with van der Waals surface area (Å²) in [6.45, 7) is 7.03. The second-order valence-corrected chi connectivity index (χ2v) is 8.63. The monoisotopic (exact) mass is 449 g/mol. The van der Waals surface area contributed by atoms with E-state index < -0.39 is 0 Å². The average Bonchev–Trinajstić information content (AvgIpc) is 2.83. The summed E-state index contributed by atoms with van der Waals surface area (Å²) in [6.07, 6.45) is 2.05. The Morgan fingerprint density at radius 2 is 1.76 bits per heavy atom. The van der Waals surface area contributed by atoms with Crippen LogP contribution in [0.25, 0.3) is 0 Å². The second-order valence-electron chi connectivity index (χ2n) is 8.63. The largest absolute Gasteiger partial charge is 0.356 e. The Morgan fingerprint density at radius 3 is 2.39 bits per heavy atom. The molecule has 7 nitrogen and oxygen atoms in total. The summed E-state index contributed by atoms with van der Waals surface area (Å²) in [5, 5.41) is 9.40. The molecule has 0 aromatic heterocycles. The molecular weight excluding hydrogens is 414 g/mol. The molecule has 2 aromatic rings. The Hall–Kier alpha value is -3.35. The Labute approximate surface area is 196 Å². The van der Waals surface area contributed by atoms with Crippen molar-refractivity contribution in [2.45, 2.75) is 39.2 Å². The predicted octanol–water partition coefficient (Wildman–Crippen LogP) is 2.68. The van der Waals surface area contributed by atoms with E-state index in [1.165, 1.54) is 11.1 Å². The van der Waals surface area contributed by atoms with Crippen LogP contribution in [0.3, 0.4) is 0 Å². The number of nitrogens with zero attached hydrogens (tertiary/aromatic N) is 2. The number of piperazine rings is 1. The summed E-state index contributed by atoms with van der Waals surface area (Å²) in [4.78, 5) is 29.9. The number of benzene rings is 2. The molecule has 1 fully saturated rings. The minimum atomic E-state index is -0.113. The summed E-state index contributed by atoms with van der Waals surface area (Å²) in [5.74, 6) is 1.09. The van der Waals surface area contributed by atoms with E-state index in [0.717, 1.165) is 30.9 Å². The number of aliphatic imine (C=N–C) groups is 1. The van der Waals surface area contributed by atoms with Crippen LogP contribution >= 0.6 is 0 Å². The first kappa shape index (κ1) is 24.3. The summed E-state index contributed by atoms with van der Waals surface area (Å²) < 4.78 is 0. The molecule has 1 aliphatic rings. The first-order valence-electron chi connectivity index (χ1n) is 11.6. The van der Waals surface area contributed by atoms with Gasteiger partial charge in [-0.25, -0.2) is 0 Å². The van der Waals surface area contributed by atoms with Gasteiger partial charge in [-0.3, -0.25) is 14.6 Å². The fourth-order valence-electron chi connectivity index (χ4n) is 3.73. The lowest BCUT2D eigenvalue weighted by molar-refractivity contribution is -0.123. The zero-order valence-corrected chi connectivity index (χ0v) is 19.9. The number of aryl methyl sites for hydroxylation is 1. The SMILES string of the molecule is CN=C(NCCCc1ccc(C(C)C)cc1)NCc1ccc(C(=O)N2CCNC(=O)C2)cc1. The Balaban J connectivity index is 1.40. The number of amides is 2. The summed E-state index contributed by atoms with van der Waals surface area (Å²) in [7, 11) is 1.76. The summed E-state index contributed by atoms with van der Waals surface area (Å²) >= 11 is 0. The van der Waals surface area contributed by atoms with E-state index >= 15 is 0 Å². The van der Waals surface area contributed by atoms with Crippen molar-refractivity contribution >= 4 is 17.8 Å². The van der Waals surface area contributed by atoms with Crippen molar-refractivity contribution in [3.63, 3.8) is 0 Å². The molecular formula is C26H35N5O2. The lowest BCUT2D eigenvalue weighted by Crippen LogP contribution is -2.49. The van der Waals surface area contributed by atoms with Crippen LogP contribution < -0.4 is 16.0 Å². The fraction of sp³-hybridized carbons (Fsp3) is 0.423. The van der Waals surface area contributed by atoms with Crippen LogP contribution in [0.1, 0.15) is 53.2 Å². The van der Waals surface area contributed by atoms with E-state index in [1.54, 1.807) is 11.9 Å². The highest BCUT2D eigenvalue weighted by Gasteiger charge is 2.22. The first-order chi connectivity index (χ1) is 16.0. The van der Waals surface area contributed by atoms with Crippen molar-refractivity contribution in [1.29, 1.82) is 0 Å². The van der Waals surface area contributed by atoms with Crippen molar-refractivity contribution in [2.24, 2.45) is 4.99 Å². The first-order valence-corrected chi connectivity index (χ1v) is 11.6. The molecule has 0 spiro atoms. The Kier molecular flexibility index (Phi) is 8.87. The normalized spacial score (nSPS) is 14.2.